The summed E-state index contributed by atoms with van der Waals surface area (Å²) in [5.74, 6) is -4.18. The first-order chi connectivity index (χ1) is 26.4. The molecule has 55 heavy (non-hydrogen) atoms. The number of thiophene rings is 1. The first kappa shape index (κ1) is 35.4. The van der Waals surface area contributed by atoms with E-state index in [0.717, 1.165) is 38.1 Å². The van der Waals surface area contributed by atoms with Gasteiger partial charge in [-0.2, -0.15) is 5.10 Å². The Morgan fingerprint density at radius 1 is 0.964 bits per heavy atom. The molecule has 2 aliphatic heterocycles. The number of hydrogen-bond donors (Lipinski definition) is 1. The van der Waals surface area contributed by atoms with E-state index in [0.29, 0.717) is 40.0 Å². The number of ether oxygens (including phenoxy) is 1. The Kier molecular flexibility index (Phi) is 8.15. The van der Waals surface area contributed by atoms with Crippen molar-refractivity contribution in [3.8, 4) is 22.1 Å². The second kappa shape index (κ2) is 12.6. The largest absolute Gasteiger partial charge is 0.508 e. The summed E-state index contributed by atoms with van der Waals surface area (Å²) in [7, 11) is 3.22. The Labute approximate surface area is 326 Å². The normalized spacial score (nSPS) is 26.1. The number of amides is 4. The monoisotopic (exact) mass is 774 g/mol. The standard InChI is InChI=1S/C43H39ClN4O6S/c1-6-22-7-10-24(11-8-22)47-39(50)28-15-14-26-30(36(28)41(47)52)19-31-40(51)48(42(53)43(31,3)37(26)27-13-12-25(54-5)18-33(27)49)35-20-32(45-46(35)4)38-21(2)29-17-23(44)9-16-34(29)55-38/h7-14,16-18,20,28,30-31,36-37,49H,6,15,19H2,1-5H3. The van der Waals surface area contributed by atoms with Crippen LogP contribution in [0.3, 0.4) is 0 Å². The van der Waals surface area contributed by atoms with Gasteiger partial charge in [0.15, 0.2) is 0 Å². The van der Waals surface area contributed by atoms with Gasteiger partial charge in [-0.15, -0.1) is 11.3 Å². The Morgan fingerprint density at radius 3 is 2.44 bits per heavy atom. The molecule has 1 saturated carbocycles. The smallest absolute Gasteiger partial charge is 0.242 e. The van der Waals surface area contributed by atoms with Crippen LogP contribution in [-0.4, -0.2) is 45.6 Å². The lowest BCUT2D eigenvalue weighted by Gasteiger charge is -2.49. The SMILES string of the molecule is CCc1ccc(N2C(=O)C3CC=C4C(CC5C(=O)N(c6cc(-c7sc8ccc(Cl)cc8c7C)nn6C)C(=O)C5(C)C4c4ccc(OC)cc4O)C3C2=O)cc1. The third-order valence-electron chi connectivity index (χ3n) is 12.6. The van der Waals surface area contributed by atoms with Crippen LogP contribution in [0.2, 0.25) is 5.02 Å². The molecule has 5 aromatic rings. The number of phenols is 1. The number of carbonyl (C=O) groups is 4. The van der Waals surface area contributed by atoms with E-state index < -0.39 is 46.8 Å². The van der Waals surface area contributed by atoms with E-state index in [4.69, 9.17) is 21.4 Å². The van der Waals surface area contributed by atoms with Crippen molar-refractivity contribution >= 4 is 68.2 Å². The Morgan fingerprint density at radius 2 is 1.73 bits per heavy atom. The molecular formula is C43H39ClN4O6S. The van der Waals surface area contributed by atoms with E-state index in [1.807, 2.05) is 62.4 Å². The molecule has 4 aliphatic rings. The molecular weight excluding hydrogens is 736 g/mol. The number of allylic oxidation sites excluding steroid dienone is 2. The van der Waals surface area contributed by atoms with Gasteiger partial charge in [0, 0.05) is 40.4 Å². The van der Waals surface area contributed by atoms with E-state index in [2.05, 4.69) is 0 Å². The number of rotatable bonds is 6. The van der Waals surface area contributed by atoms with Crippen LogP contribution in [0.15, 0.2) is 78.4 Å². The molecule has 280 valence electrons. The van der Waals surface area contributed by atoms with E-state index >= 15 is 4.79 Å². The molecule has 4 heterocycles. The fourth-order valence-electron chi connectivity index (χ4n) is 9.82. The average molecular weight is 775 g/mol. The molecule has 10 nitrogen and oxygen atoms in total. The third kappa shape index (κ3) is 5.01. The number of anilines is 2. The van der Waals surface area contributed by atoms with Gasteiger partial charge in [0.2, 0.25) is 23.6 Å². The van der Waals surface area contributed by atoms with Gasteiger partial charge in [0.05, 0.1) is 40.8 Å². The summed E-state index contributed by atoms with van der Waals surface area (Å²) >= 11 is 7.89. The van der Waals surface area contributed by atoms with Crippen LogP contribution in [0, 0.1) is 36.0 Å². The van der Waals surface area contributed by atoms with Crippen molar-refractivity contribution in [3.63, 3.8) is 0 Å². The van der Waals surface area contributed by atoms with Crippen LogP contribution in [0.25, 0.3) is 20.7 Å². The predicted molar refractivity (Wildman–Crippen MR) is 211 cm³/mol. The lowest BCUT2D eigenvalue weighted by Crippen LogP contribution is -2.49. The second-order valence-corrected chi connectivity index (χ2v) is 16.8. The first-order valence-corrected chi connectivity index (χ1v) is 19.7. The topological polar surface area (TPSA) is 122 Å². The molecule has 2 aliphatic carbocycles. The number of methoxy groups -OCH3 is 1. The summed E-state index contributed by atoms with van der Waals surface area (Å²) in [6.07, 6.45) is 3.30. The quantitative estimate of drug-likeness (QED) is 0.137. The van der Waals surface area contributed by atoms with Crippen LogP contribution in [-0.2, 0) is 32.6 Å². The van der Waals surface area contributed by atoms with Crippen molar-refractivity contribution in [2.24, 2.45) is 36.1 Å². The number of benzene rings is 3. The minimum atomic E-state index is -1.34. The minimum absolute atomic E-state index is 0.0821. The van der Waals surface area contributed by atoms with E-state index in [-0.39, 0.29) is 24.0 Å². The van der Waals surface area contributed by atoms with Gasteiger partial charge >= 0.3 is 0 Å². The maximum Gasteiger partial charge on any atom is 0.242 e. The van der Waals surface area contributed by atoms with Gasteiger partial charge in [-0.25, -0.2) is 4.90 Å². The Bertz CT molecular complexity index is 2520. The van der Waals surface area contributed by atoms with Gasteiger partial charge < -0.3 is 9.84 Å². The Balaban J connectivity index is 1.15. The molecule has 3 fully saturated rings. The highest BCUT2D eigenvalue weighted by molar-refractivity contribution is 7.22. The molecule has 9 rings (SSSR count). The summed E-state index contributed by atoms with van der Waals surface area (Å²) < 4.78 is 8.00. The van der Waals surface area contributed by atoms with Gasteiger partial charge in [-0.05, 0) is 91.9 Å². The molecule has 3 aromatic carbocycles. The van der Waals surface area contributed by atoms with Gasteiger partial charge in [0.1, 0.15) is 23.0 Å². The number of halogens is 1. The highest BCUT2D eigenvalue weighted by Crippen LogP contribution is 2.64. The van der Waals surface area contributed by atoms with Crippen molar-refractivity contribution in [2.45, 2.75) is 46.0 Å². The summed E-state index contributed by atoms with van der Waals surface area (Å²) in [6, 6.07) is 20.0. The number of fused-ring (bicyclic) bond motifs is 5. The van der Waals surface area contributed by atoms with Gasteiger partial charge in [0.25, 0.3) is 0 Å². The van der Waals surface area contributed by atoms with Crippen LogP contribution in [0.5, 0.6) is 11.5 Å². The molecule has 0 spiro atoms. The minimum Gasteiger partial charge on any atom is -0.508 e. The van der Waals surface area contributed by atoms with Crippen LogP contribution < -0.4 is 14.5 Å². The zero-order valence-corrected chi connectivity index (χ0v) is 32.6. The highest BCUT2D eigenvalue weighted by atomic mass is 35.5. The van der Waals surface area contributed by atoms with Gasteiger partial charge in [-0.3, -0.25) is 28.8 Å². The molecule has 6 atom stereocenters. The van der Waals surface area contributed by atoms with E-state index in [9.17, 15) is 19.5 Å². The fraction of sp³-hybridized carbons (Fsp3) is 0.326. The number of aromatic nitrogens is 2. The summed E-state index contributed by atoms with van der Waals surface area (Å²) in [6.45, 7) is 5.85. The van der Waals surface area contributed by atoms with E-state index in [1.54, 1.807) is 48.2 Å². The number of nitrogens with zero attached hydrogens (tertiary/aromatic N) is 4. The molecule has 1 N–H and O–H groups in total. The number of phenolic OH excluding ortho intramolecular Hbond substituents is 1. The first-order valence-electron chi connectivity index (χ1n) is 18.5. The van der Waals surface area contributed by atoms with Crippen molar-refractivity contribution in [2.75, 3.05) is 16.9 Å². The van der Waals surface area contributed by atoms with Crippen LogP contribution in [0.4, 0.5) is 11.5 Å². The summed E-state index contributed by atoms with van der Waals surface area (Å²) in [5, 5.41) is 18.0. The number of hydrogen-bond acceptors (Lipinski definition) is 8. The molecule has 0 radical (unpaired) electrons. The fourth-order valence-corrected chi connectivity index (χ4v) is 11.1. The number of carbonyl (C=O) groups excluding carboxylic acids is 4. The van der Waals surface area contributed by atoms with Crippen molar-refractivity contribution in [1.82, 2.24) is 9.78 Å². The second-order valence-electron chi connectivity index (χ2n) is 15.3. The maximum atomic E-state index is 15.1. The third-order valence-corrected chi connectivity index (χ3v) is 14.2. The average Bonchev–Trinajstić information content (AvgIpc) is 3.85. The molecule has 2 saturated heterocycles. The van der Waals surface area contributed by atoms with Gasteiger partial charge in [-0.1, -0.05) is 48.4 Å². The molecule has 0 bridgehead atoms. The molecule has 2 aromatic heterocycles. The molecule has 12 heteroatoms. The lowest BCUT2D eigenvalue weighted by atomic mass is 9.51. The van der Waals surface area contributed by atoms with Crippen LogP contribution >= 0.6 is 22.9 Å². The summed E-state index contributed by atoms with van der Waals surface area (Å²) in [4.78, 5) is 62.0. The van der Waals surface area contributed by atoms with E-state index in [1.165, 1.54) is 23.0 Å². The lowest BCUT2D eigenvalue weighted by molar-refractivity contribution is -0.131. The van der Waals surface area contributed by atoms with Crippen molar-refractivity contribution < 1.29 is 29.0 Å². The molecule has 6 unspecified atom stereocenters. The number of aryl methyl sites for hydroxylation is 3. The van der Waals surface area contributed by atoms with Crippen LogP contribution in [0.1, 0.15) is 49.3 Å². The highest BCUT2D eigenvalue weighted by Gasteiger charge is 2.68. The zero-order chi connectivity index (χ0) is 38.7. The zero-order valence-electron chi connectivity index (χ0n) is 31.0. The number of aromatic hydroxyl groups is 1. The maximum absolute atomic E-state index is 15.1. The number of imide groups is 2. The summed E-state index contributed by atoms with van der Waals surface area (Å²) in [5.41, 5.74) is 3.15. The molecule has 4 amide bonds. The predicted octanol–water partition coefficient (Wildman–Crippen LogP) is 7.98. The van der Waals surface area contributed by atoms with Crippen molar-refractivity contribution in [1.29, 1.82) is 0 Å². The van der Waals surface area contributed by atoms with Crippen molar-refractivity contribution in [3.05, 3.63) is 100 Å². The Hall–Kier alpha value is -5.26.